The van der Waals surface area contributed by atoms with Gasteiger partial charge in [0.25, 0.3) is 0 Å². The highest BCUT2D eigenvalue weighted by Gasteiger charge is 2.16. The van der Waals surface area contributed by atoms with Gasteiger partial charge in [0.05, 0.1) is 0 Å². The first-order valence-corrected chi connectivity index (χ1v) is 5.60. The number of rotatable bonds is 5. The maximum Gasteiger partial charge on any atom is 0.0105 e. The Kier molecular flexibility index (Phi) is 4.68. The van der Waals surface area contributed by atoms with Crippen LogP contribution in [-0.4, -0.2) is 6.04 Å². The average molecular weight is 191 g/mol. The third kappa shape index (κ3) is 2.85. The zero-order valence-corrected chi connectivity index (χ0v) is 9.24. The molecule has 1 aromatic carbocycles. The van der Waals surface area contributed by atoms with Gasteiger partial charge in [-0.3, -0.25) is 0 Å². The Labute approximate surface area is 87.3 Å². The molecule has 2 N–H and O–H groups in total. The van der Waals surface area contributed by atoms with Gasteiger partial charge in [0.2, 0.25) is 0 Å². The standard InChI is InChI=1S/C13H21N/c1-3-8-12(13(14)4-2)11-9-6-5-7-10-11/h5-7,9-10,12-13H,3-4,8,14H2,1-2H3. The van der Waals surface area contributed by atoms with Crippen LogP contribution in [0, 0.1) is 0 Å². The molecule has 14 heavy (non-hydrogen) atoms. The van der Waals surface area contributed by atoms with Crippen molar-refractivity contribution in [1.29, 1.82) is 0 Å². The van der Waals surface area contributed by atoms with Crippen molar-refractivity contribution in [2.24, 2.45) is 5.73 Å². The van der Waals surface area contributed by atoms with Crippen LogP contribution in [0.5, 0.6) is 0 Å². The molecule has 0 aromatic heterocycles. The summed E-state index contributed by atoms with van der Waals surface area (Å²) in [6, 6.07) is 10.9. The zero-order chi connectivity index (χ0) is 10.4. The summed E-state index contributed by atoms with van der Waals surface area (Å²) < 4.78 is 0. The Morgan fingerprint density at radius 1 is 1.14 bits per heavy atom. The summed E-state index contributed by atoms with van der Waals surface area (Å²) in [7, 11) is 0. The fraction of sp³-hybridized carbons (Fsp3) is 0.538. The molecule has 0 saturated heterocycles. The predicted octanol–water partition coefficient (Wildman–Crippen LogP) is 3.31. The topological polar surface area (TPSA) is 26.0 Å². The quantitative estimate of drug-likeness (QED) is 0.759. The predicted molar refractivity (Wildman–Crippen MR) is 62.4 cm³/mol. The number of benzene rings is 1. The fourth-order valence-electron chi connectivity index (χ4n) is 1.92. The van der Waals surface area contributed by atoms with Crippen molar-refractivity contribution < 1.29 is 0 Å². The molecule has 0 heterocycles. The minimum Gasteiger partial charge on any atom is -0.327 e. The van der Waals surface area contributed by atoms with Crippen molar-refractivity contribution in [2.75, 3.05) is 0 Å². The number of hydrogen-bond donors (Lipinski definition) is 1. The van der Waals surface area contributed by atoms with Crippen molar-refractivity contribution >= 4 is 0 Å². The van der Waals surface area contributed by atoms with Crippen LogP contribution in [0.25, 0.3) is 0 Å². The van der Waals surface area contributed by atoms with Gasteiger partial charge in [0.1, 0.15) is 0 Å². The third-order valence-corrected chi connectivity index (χ3v) is 2.82. The van der Waals surface area contributed by atoms with Crippen LogP contribution in [0.15, 0.2) is 30.3 Å². The Bertz CT molecular complexity index is 243. The summed E-state index contributed by atoms with van der Waals surface area (Å²) in [6.07, 6.45) is 3.45. The van der Waals surface area contributed by atoms with Gasteiger partial charge in [-0.05, 0) is 24.3 Å². The average Bonchev–Trinajstić information content (AvgIpc) is 2.26. The molecule has 0 spiro atoms. The van der Waals surface area contributed by atoms with Crippen LogP contribution < -0.4 is 5.73 Å². The molecule has 78 valence electrons. The van der Waals surface area contributed by atoms with Crippen molar-refractivity contribution in [3.63, 3.8) is 0 Å². The molecule has 1 nitrogen and oxygen atoms in total. The maximum atomic E-state index is 6.14. The third-order valence-electron chi connectivity index (χ3n) is 2.82. The van der Waals surface area contributed by atoms with Crippen LogP contribution in [0.2, 0.25) is 0 Å². The van der Waals surface area contributed by atoms with Crippen LogP contribution >= 0.6 is 0 Å². The lowest BCUT2D eigenvalue weighted by molar-refractivity contribution is 0.483. The summed E-state index contributed by atoms with van der Waals surface area (Å²) in [5.74, 6) is 0.534. The Hall–Kier alpha value is -0.820. The van der Waals surface area contributed by atoms with E-state index in [0.29, 0.717) is 12.0 Å². The summed E-state index contributed by atoms with van der Waals surface area (Å²) in [6.45, 7) is 4.38. The molecule has 0 amide bonds. The molecule has 0 saturated carbocycles. The first-order chi connectivity index (χ1) is 6.79. The lowest BCUT2D eigenvalue weighted by Gasteiger charge is -2.22. The van der Waals surface area contributed by atoms with E-state index in [1.54, 1.807) is 0 Å². The van der Waals surface area contributed by atoms with Gasteiger partial charge in [-0.15, -0.1) is 0 Å². The lowest BCUT2D eigenvalue weighted by atomic mass is 9.87. The van der Waals surface area contributed by atoms with E-state index in [4.69, 9.17) is 5.73 Å². The van der Waals surface area contributed by atoms with Gasteiger partial charge in [-0.2, -0.15) is 0 Å². The molecule has 1 aromatic rings. The summed E-state index contributed by atoms with van der Waals surface area (Å²) >= 11 is 0. The maximum absolute atomic E-state index is 6.14. The Balaban J connectivity index is 2.77. The van der Waals surface area contributed by atoms with Crippen LogP contribution in [-0.2, 0) is 0 Å². The first-order valence-electron chi connectivity index (χ1n) is 5.60. The van der Waals surface area contributed by atoms with Crippen molar-refractivity contribution in [2.45, 2.75) is 45.1 Å². The monoisotopic (exact) mass is 191 g/mol. The smallest absolute Gasteiger partial charge is 0.0105 e. The normalized spacial score (nSPS) is 15.1. The van der Waals surface area contributed by atoms with E-state index >= 15 is 0 Å². The van der Waals surface area contributed by atoms with E-state index in [9.17, 15) is 0 Å². The van der Waals surface area contributed by atoms with E-state index in [1.165, 1.54) is 18.4 Å². The van der Waals surface area contributed by atoms with E-state index in [0.717, 1.165) is 6.42 Å². The fourth-order valence-corrected chi connectivity index (χ4v) is 1.92. The summed E-state index contributed by atoms with van der Waals surface area (Å²) in [4.78, 5) is 0. The van der Waals surface area contributed by atoms with Crippen LogP contribution in [0.4, 0.5) is 0 Å². The molecular weight excluding hydrogens is 170 g/mol. The zero-order valence-electron chi connectivity index (χ0n) is 9.24. The van der Waals surface area contributed by atoms with Crippen LogP contribution in [0.3, 0.4) is 0 Å². The first kappa shape index (κ1) is 11.3. The SMILES string of the molecule is CCCC(c1ccccc1)C(N)CC. The molecule has 1 heteroatoms. The molecule has 0 aliphatic rings. The van der Waals surface area contributed by atoms with E-state index < -0.39 is 0 Å². The van der Waals surface area contributed by atoms with Gasteiger partial charge in [-0.25, -0.2) is 0 Å². The second-order valence-corrected chi connectivity index (χ2v) is 3.88. The van der Waals surface area contributed by atoms with Gasteiger partial charge in [0.15, 0.2) is 0 Å². The molecule has 0 radical (unpaired) electrons. The summed E-state index contributed by atoms with van der Waals surface area (Å²) in [5, 5.41) is 0. The second kappa shape index (κ2) is 5.82. The Morgan fingerprint density at radius 3 is 2.29 bits per heavy atom. The van der Waals surface area contributed by atoms with Crippen molar-refractivity contribution in [1.82, 2.24) is 0 Å². The van der Waals surface area contributed by atoms with Gasteiger partial charge >= 0.3 is 0 Å². The van der Waals surface area contributed by atoms with E-state index in [2.05, 4.69) is 44.2 Å². The highest BCUT2D eigenvalue weighted by atomic mass is 14.6. The molecule has 0 bridgehead atoms. The lowest BCUT2D eigenvalue weighted by Crippen LogP contribution is -2.27. The minimum atomic E-state index is 0.303. The summed E-state index contributed by atoms with van der Waals surface area (Å²) in [5.41, 5.74) is 7.53. The highest BCUT2D eigenvalue weighted by Crippen LogP contribution is 2.25. The number of hydrogen-bond acceptors (Lipinski definition) is 1. The highest BCUT2D eigenvalue weighted by molar-refractivity contribution is 5.21. The molecule has 0 aliphatic heterocycles. The largest absolute Gasteiger partial charge is 0.327 e. The van der Waals surface area contributed by atoms with Crippen LogP contribution in [0.1, 0.15) is 44.6 Å². The van der Waals surface area contributed by atoms with E-state index in [1.807, 2.05) is 0 Å². The number of nitrogens with two attached hydrogens (primary N) is 1. The molecule has 0 aliphatic carbocycles. The molecule has 0 fully saturated rings. The van der Waals surface area contributed by atoms with Crippen molar-refractivity contribution in [3.05, 3.63) is 35.9 Å². The Morgan fingerprint density at radius 2 is 1.79 bits per heavy atom. The molecule has 1 rings (SSSR count). The molecule has 2 unspecified atom stereocenters. The van der Waals surface area contributed by atoms with E-state index in [-0.39, 0.29) is 0 Å². The molecular formula is C13H21N. The van der Waals surface area contributed by atoms with Gasteiger partial charge in [0, 0.05) is 6.04 Å². The molecule has 2 atom stereocenters. The second-order valence-electron chi connectivity index (χ2n) is 3.88. The van der Waals surface area contributed by atoms with Crippen molar-refractivity contribution in [3.8, 4) is 0 Å². The van der Waals surface area contributed by atoms with Gasteiger partial charge in [-0.1, -0.05) is 50.6 Å². The minimum absolute atomic E-state index is 0.303. The van der Waals surface area contributed by atoms with Gasteiger partial charge < -0.3 is 5.73 Å².